The van der Waals surface area contributed by atoms with Gasteiger partial charge in [-0.05, 0) is 31.4 Å². The fourth-order valence-electron chi connectivity index (χ4n) is 3.31. The Morgan fingerprint density at radius 2 is 2.10 bits per heavy atom. The molecule has 1 aromatic heterocycles. The summed E-state index contributed by atoms with van der Waals surface area (Å²) in [5.74, 6) is 0.993. The van der Waals surface area contributed by atoms with Gasteiger partial charge in [-0.15, -0.1) is 0 Å². The van der Waals surface area contributed by atoms with Crippen LogP contribution in [0.2, 0.25) is 0 Å². The first-order valence-electron chi connectivity index (χ1n) is 9.46. The van der Waals surface area contributed by atoms with E-state index in [2.05, 4.69) is 20.0 Å². The second-order valence-corrected chi connectivity index (χ2v) is 8.73. The molecule has 3 rings (SSSR count). The Kier molecular flexibility index (Phi) is 6.60. The van der Waals surface area contributed by atoms with E-state index < -0.39 is 14.9 Å². The maximum atomic E-state index is 12.1. The molecule has 2 N–H and O–H groups in total. The zero-order valence-corrected chi connectivity index (χ0v) is 16.9. The van der Waals surface area contributed by atoms with Crippen molar-refractivity contribution >= 4 is 33.2 Å². The maximum Gasteiger partial charge on any atom is 0.292 e. The molecule has 1 aliphatic rings. The van der Waals surface area contributed by atoms with Gasteiger partial charge >= 0.3 is 0 Å². The number of sulfonamides is 1. The van der Waals surface area contributed by atoms with Crippen LogP contribution in [0.4, 0.5) is 23.1 Å². The third-order valence-corrected chi connectivity index (χ3v) is 6.19. The van der Waals surface area contributed by atoms with E-state index in [1.165, 1.54) is 6.07 Å². The van der Waals surface area contributed by atoms with Gasteiger partial charge in [-0.25, -0.2) is 18.1 Å². The van der Waals surface area contributed by atoms with E-state index >= 15 is 0 Å². The van der Waals surface area contributed by atoms with Crippen molar-refractivity contribution in [2.45, 2.75) is 32.2 Å². The molecule has 1 fully saturated rings. The smallest absolute Gasteiger partial charge is 0.292 e. The van der Waals surface area contributed by atoms with Gasteiger partial charge in [0.2, 0.25) is 16.0 Å². The van der Waals surface area contributed by atoms with Crippen LogP contribution in [0.25, 0.3) is 0 Å². The molecule has 0 bridgehead atoms. The summed E-state index contributed by atoms with van der Waals surface area (Å²) in [5, 5.41) is 14.1. The number of aromatic nitrogens is 2. The van der Waals surface area contributed by atoms with Gasteiger partial charge in [0.15, 0.2) is 0 Å². The maximum absolute atomic E-state index is 12.1. The molecule has 1 atom stereocenters. The summed E-state index contributed by atoms with van der Waals surface area (Å²) in [6.45, 7) is 3.08. The number of nitro groups is 1. The zero-order chi connectivity index (χ0) is 20.9. The summed E-state index contributed by atoms with van der Waals surface area (Å²) >= 11 is 0. The van der Waals surface area contributed by atoms with Crippen molar-refractivity contribution in [1.29, 1.82) is 0 Å². The zero-order valence-electron chi connectivity index (χ0n) is 16.1. The Morgan fingerprint density at radius 1 is 1.31 bits per heavy atom. The number of anilines is 3. The van der Waals surface area contributed by atoms with Crippen LogP contribution >= 0.6 is 0 Å². The number of rotatable bonds is 8. The third-order valence-electron chi connectivity index (χ3n) is 4.55. The molecule has 29 heavy (non-hydrogen) atoms. The topological polar surface area (TPSA) is 130 Å². The Morgan fingerprint density at radius 3 is 2.86 bits per heavy atom. The molecule has 0 amide bonds. The molecule has 2 aromatic rings. The van der Waals surface area contributed by atoms with Crippen molar-refractivity contribution in [3.8, 4) is 0 Å². The molecule has 156 valence electrons. The number of hydrogen-bond donors (Lipinski definition) is 2. The number of benzene rings is 1. The van der Waals surface area contributed by atoms with E-state index in [1.807, 2.05) is 11.8 Å². The molecule has 1 aliphatic heterocycles. The molecule has 0 saturated carbocycles. The fraction of sp³-hybridized carbons (Fsp3) is 0.444. The molecular formula is C18H24N6O4S. The van der Waals surface area contributed by atoms with Crippen molar-refractivity contribution in [3.63, 3.8) is 0 Å². The molecule has 1 saturated heterocycles. The van der Waals surface area contributed by atoms with Crippen LogP contribution in [0.15, 0.2) is 36.5 Å². The van der Waals surface area contributed by atoms with E-state index in [0.29, 0.717) is 24.5 Å². The molecule has 0 unspecified atom stereocenters. The monoisotopic (exact) mass is 420 g/mol. The second-order valence-electron chi connectivity index (χ2n) is 6.86. The van der Waals surface area contributed by atoms with Crippen molar-refractivity contribution in [3.05, 3.63) is 46.6 Å². The second kappa shape index (κ2) is 9.14. The van der Waals surface area contributed by atoms with Crippen LogP contribution in [0.1, 0.15) is 26.2 Å². The summed E-state index contributed by atoms with van der Waals surface area (Å²) < 4.78 is 26.9. The summed E-state index contributed by atoms with van der Waals surface area (Å²) in [6.07, 6.45) is 3.74. The van der Waals surface area contributed by atoms with Crippen molar-refractivity contribution in [2.75, 3.05) is 29.1 Å². The van der Waals surface area contributed by atoms with E-state index in [4.69, 9.17) is 0 Å². The highest BCUT2D eigenvalue weighted by atomic mass is 32.2. The highest BCUT2D eigenvalue weighted by Crippen LogP contribution is 2.26. The number of nitrogens with zero attached hydrogens (tertiary/aromatic N) is 4. The van der Waals surface area contributed by atoms with E-state index in [0.717, 1.165) is 19.4 Å². The number of nitro benzene ring substituents is 1. The lowest BCUT2D eigenvalue weighted by Gasteiger charge is -2.33. The molecule has 0 aliphatic carbocycles. The minimum Gasteiger partial charge on any atom is -0.355 e. The SMILES string of the molecule is CCCS(=O)(=O)N[C@@H]1CCCN(c2ccnc(Nc3ccccc3[N+](=O)[O-])n2)C1. The number of piperidine rings is 1. The first-order chi connectivity index (χ1) is 13.9. The average Bonchev–Trinajstić information content (AvgIpc) is 2.68. The molecular weight excluding hydrogens is 396 g/mol. The number of hydrogen-bond acceptors (Lipinski definition) is 8. The lowest BCUT2D eigenvalue weighted by atomic mass is 10.1. The lowest BCUT2D eigenvalue weighted by Crippen LogP contribution is -2.48. The summed E-state index contributed by atoms with van der Waals surface area (Å²) in [4.78, 5) is 21.3. The van der Waals surface area contributed by atoms with Gasteiger partial charge in [0, 0.05) is 31.4 Å². The molecule has 1 aromatic carbocycles. The van der Waals surface area contributed by atoms with Gasteiger partial charge in [0.25, 0.3) is 5.69 Å². The molecule has 0 spiro atoms. The quantitative estimate of drug-likeness (QED) is 0.492. The first kappa shape index (κ1) is 20.9. The normalized spacial score (nSPS) is 17.1. The molecule has 0 radical (unpaired) electrons. The number of para-hydroxylation sites is 2. The third kappa shape index (κ3) is 5.61. The highest BCUT2D eigenvalue weighted by molar-refractivity contribution is 7.89. The Hall–Kier alpha value is -2.79. The van der Waals surface area contributed by atoms with Crippen molar-refractivity contribution < 1.29 is 13.3 Å². The predicted molar refractivity (Wildman–Crippen MR) is 111 cm³/mol. The molecule has 10 nitrogen and oxygen atoms in total. The average molecular weight is 420 g/mol. The Balaban J connectivity index is 1.73. The fourth-order valence-corrected chi connectivity index (χ4v) is 4.66. The van der Waals surface area contributed by atoms with Crippen LogP contribution in [0.3, 0.4) is 0 Å². The van der Waals surface area contributed by atoms with Gasteiger partial charge < -0.3 is 10.2 Å². The standard InChI is InChI=1S/C18H24N6O4S/c1-2-12-29(27,28)22-14-6-5-11-23(13-14)17-9-10-19-18(21-17)20-15-7-3-4-8-16(15)24(25)26/h3-4,7-10,14,22H,2,5-6,11-13H2,1H3,(H,19,20,21)/t14-/m1/s1. The van der Waals surface area contributed by atoms with Gasteiger partial charge in [-0.3, -0.25) is 10.1 Å². The minimum atomic E-state index is -3.28. The van der Waals surface area contributed by atoms with Gasteiger partial charge in [0.05, 0.1) is 10.7 Å². The largest absolute Gasteiger partial charge is 0.355 e. The summed E-state index contributed by atoms with van der Waals surface area (Å²) in [5.41, 5.74) is 0.239. The van der Waals surface area contributed by atoms with Crippen LogP contribution in [-0.4, -0.2) is 48.2 Å². The van der Waals surface area contributed by atoms with Crippen LogP contribution < -0.4 is 14.9 Å². The van der Waals surface area contributed by atoms with Crippen LogP contribution in [0, 0.1) is 10.1 Å². The lowest BCUT2D eigenvalue weighted by molar-refractivity contribution is -0.383. The highest BCUT2D eigenvalue weighted by Gasteiger charge is 2.25. The van der Waals surface area contributed by atoms with E-state index in [1.54, 1.807) is 30.5 Å². The molecule has 2 heterocycles. The summed E-state index contributed by atoms with van der Waals surface area (Å²) in [7, 11) is -3.28. The van der Waals surface area contributed by atoms with E-state index in [9.17, 15) is 18.5 Å². The first-order valence-corrected chi connectivity index (χ1v) is 11.1. The Labute approximate surface area is 169 Å². The van der Waals surface area contributed by atoms with E-state index in [-0.39, 0.29) is 23.4 Å². The van der Waals surface area contributed by atoms with Gasteiger partial charge in [0.1, 0.15) is 11.5 Å². The van der Waals surface area contributed by atoms with Crippen molar-refractivity contribution in [1.82, 2.24) is 14.7 Å². The van der Waals surface area contributed by atoms with Crippen LogP contribution in [0.5, 0.6) is 0 Å². The summed E-state index contributed by atoms with van der Waals surface area (Å²) in [6, 6.07) is 7.84. The molecule has 11 heteroatoms. The number of nitrogens with one attached hydrogen (secondary N) is 2. The van der Waals surface area contributed by atoms with Gasteiger partial charge in [-0.2, -0.15) is 4.98 Å². The van der Waals surface area contributed by atoms with Crippen molar-refractivity contribution in [2.24, 2.45) is 0 Å². The predicted octanol–water partition coefficient (Wildman–Crippen LogP) is 2.43. The Bertz CT molecular complexity index is 968. The minimum absolute atomic E-state index is 0.0649. The van der Waals surface area contributed by atoms with Crippen LogP contribution in [-0.2, 0) is 10.0 Å². The van der Waals surface area contributed by atoms with Gasteiger partial charge in [-0.1, -0.05) is 19.1 Å².